The number of aryl methyl sites for hydroxylation is 1. The van der Waals surface area contributed by atoms with E-state index in [1.807, 2.05) is 6.07 Å². The van der Waals surface area contributed by atoms with Gasteiger partial charge in [0.25, 0.3) is 29.0 Å². The molecule has 2 atom stereocenters. The van der Waals surface area contributed by atoms with Gasteiger partial charge in [0.2, 0.25) is 17.7 Å². The second-order valence-electron chi connectivity index (χ2n) is 14.1. The maximum Gasteiger partial charge on any atom is 0.266 e. The molecular weight excluding hydrogens is 753 g/mol. The number of imide groups is 2. The zero-order valence-corrected chi connectivity index (χ0v) is 32.3. The standard InChI is InChI=1S/C41H42N6O9S/c1-45-31-16-15-29(47(57(54)55)30-12-5-6-13-33(30)56-2)26-22-24(23-27(36(26)31)39(45)51)14-18-34(48)43-21-8-4-3-7-20-42-28-11-9-10-25-37(28)41(53)46(40(25)52)32-17-19-35(49)44-38(32)50/h5-6,9-13,15-16,22-23,32,42H,3-4,7-8,14,17-21H2,1-2H3,(H,43,48)(H,54,55)(H,44,49,50). The number of ether oxygens (including phenoxy) is 1. The largest absolute Gasteiger partial charge is 0.495 e. The first-order chi connectivity index (χ1) is 27.5. The molecule has 0 saturated carbocycles. The predicted octanol–water partition coefficient (Wildman–Crippen LogP) is 4.84. The second-order valence-corrected chi connectivity index (χ2v) is 14.9. The van der Waals surface area contributed by atoms with E-state index in [0.29, 0.717) is 64.3 Å². The van der Waals surface area contributed by atoms with E-state index in [-0.39, 0.29) is 42.2 Å². The quantitative estimate of drug-likeness (QED) is 0.0693. The van der Waals surface area contributed by atoms with Gasteiger partial charge in [0.15, 0.2) is 0 Å². The lowest BCUT2D eigenvalue weighted by atomic mass is 9.97. The fourth-order valence-corrected chi connectivity index (χ4v) is 8.38. The van der Waals surface area contributed by atoms with Gasteiger partial charge in [-0.2, -0.15) is 0 Å². The topological polar surface area (TPSA) is 195 Å². The molecule has 0 bridgehead atoms. The van der Waals surface area contributed by atoms with Crippen molar-refractivity contribution in [2.24, 2.45) is 0 Å². The number of hydrogen-bond donors (Lipinski definition) is 4. The van der Waals surface area contributed by atoms with Crippen LogP contribution in [0.2, 0.25) is 0 Å². The van der Waals surface area contributed by atoms with Gasteiger partial charge in [-0.3, -0.25) is 43.5 Å². The van der Waals surface area contributed by atoms with E-state index in [0.717, 1.165) is 36.1 Å². The number of unbranched alkanes of at least 4 members (excludes halogenated alkanes) is 3. The van der Waals surface area contributed by atoms with Crippen molar-refractivity contribution < 1.29 is 42.3 Å². The van der Waals surface area contributed by atoms with Crippen LogP contribution in [0.1, 0.15) is 81.6 Å². The number of amides is 6. The van der Waals surface area contributed by atoms with Crippen molar-refractivity contribution in [3.8, 4) is 5.75 Å². The molecular formula is C41H42N6O9S. The van der Waals surface area contributed by atoms with Crippen LogP contribution in [-0.4, -0.2) is 82.4 Å². The summed E-state index contributed by atoms with van der Waals surface area (Å²) in [4.78, 5) is 79.1. The Kier molecular flexibility index (Phi) is 11.3. The molecule has 0 aromatic heterocycles. The van der Waals surface area contributed by atoms with E-state index in [4.69, 9.17) is 4.74 Å². The molecule has 4 N–H and O–H groups in total. The Bertz CT molecular complexity index is 2350. The predicted molar refractivity (Wildman–Crippen MR) is 214 cm³/mol. The first-order valence-electron chi connectivity index (χ1n) is 18.8. The van der Waals surface area contributed by atoms with Crippen LogP contribution in [0.3, 0.4) is 0 Å². The number of carbonyl (C=O) groups is 6. The first-order valence-corrected chi connectivity index (χ1v) is 19.8. The number of carbonyl (C=O) groups excluding carboxylic acids is 6. The van der Waals surface area contributed by atoms with E-state index in [1.54, 1.807) is 72.6 Å². The number of methoxy groups -OCH3 is 1. The van der Waals surface area contributed by atoms with Gasteiger partial charge in [0.05, 0.1) is 40.9 Å². The third-order valence-corrected chi connectivity index (χ3v) is 11.3. The van der Waals surface area contributed by atoms with Gasteiger partial charge < -0.3 is 20.3 Å². The van der Waals surface area contributed by atoms with Crippen molar-refractivity contribution in [3.05, 3.63) is 89.0 Å². The maximum absolute atomic E-state index is 13.3. The number of anilines is 4. The fourth-order valence-electron chi connectivity index (χ4n) is 7.73. The third-order valence-electron chi connectivity index (χ3n) is 10.6. The minimum absolute atomic E-state index is 0.0531. The normalized spacial score (nSPS) is 16.5. The van der Waals surface area contributed by atoms with Crippen LogP contribution in [0.25, 0.3) is 10.8 Å². The summed E-state index contributed by atoms with van der Waals surface area (Å²) < 4.78 is 30.0. The number of nitrogens with one attached hydrogen (secondary N) is 3. The Labute approximate surface area is 331 Å². The summed E-state index contributed by atoms with van der Waals surface area (Å²) in [6.07, 6.45) is 3.90. The number of hydrogen-bond acceptors (Lipinski definition) is 9. The Morgan fingerprint density at radius 1 is 0.912 bits per heavy atom. The number of piperidine rings is 1. The van der Waals surface area contributed by atoms with Crippen LogP contribution in [0, 0.1) is 0 Å². The minimum Gasteiger partial charge on any atom is -0.495 e. The van der Waals surface area contributed by atoms with Gasteiger partial charge in [0.1, 0.15) is 11.8 Å². The number of para-hydroxylation sites is 2. The van der Waals surface area contributed by atoms with Gasteiger partial charge in [-0.1, -0.05) is 31.0 Å². The monoisotopic (exact) mass is 794 g/mol. The van der Waals surface area contributed by atoms with E-state index in [9.17, 15) is 37.5 Å². The molecule has 6 amide bonds. The van der Waals surface area contributed by atoms with Crippen LogP contribution in [0.4, 0.5) is 22.7 Å². The highest BCUT2D eigenvalue weighted by molar-refractivity contribution is 7.81. The molecule has 3 aliphatic rings. The highest BCUT2D eigenvalue weighted by Crippen LogP contribution is 2.45. The highest BCUT2D eigenvalue weighted by Gasteiger charge is 2.45. The molecule has 4 aromatic carbocycles. The molecule has 0 radical (unpaired) electrons. The Balaban J connectivity index is 0.905. The lowest BCUT2D eigenvalue weighted by Gasteiger charge is -2.27. The zero-order valence-electron chi connectivity index (χ0n) is 31.5. The van der Waals surface area contributed by atoms with Crippen molar-refractivity contribution in [1.82, 2.24) is 15.5 Å². The second kappa shape index (κ2) is 16.5. The molecule has 2 unspecified atom stereocenters. The average molecular weight is 795 g/mol. The molecule has 16 heteroatoms. The molecule has 3 heterocycles. The summed E-state index contributed by atoms with van der Waals surface area (Å²) in [5.74, 6) is -2.12. The van der Waals surface area contributed by atoms with E-state index in [2.05, 4.69) is 16.0 Å². The number of rotatable bonds is 16. The summed E-state index contributed by atoms with van der Waals surface area (Å²) in [6.45, 7) is 1.03. The van der Waals surface area contributed by atoms with Crippen molar-refractivity contribution in [2.75, 3.05) is 41.8 Å². The first kappa shape index (κ1) is 39.1. The molecule has 296 valence electrons. The van der Waals surface area contributed by atoms with Crippen LogP contribution in [-0.2, 0) is 32.1 Å². The van der Waals surface area contributed by atoms with E-state index in [1.165, 1.54) is 11.4 Å². The molecule has 15 nitrogen and oxygen atoms in total. The van der Waals surface area contributed by atoms with Gasteiger partial charge in [-0.05, 0) is 79.8 Å². The van der Waals surface area contributed by atoms with Gasteiger partial charge in [-0.25, -0.2) is 8.51 Å². The molecule has 0 aliphatic carbocycles. The van der Waals surface area contributed by atoms with Gasteiger partial charge in [0, 0.05) is 49.4 Å². The summed E-state index contributed by atoms with van der Waals surface area (Å²) in [6, 6.07) is 17.9. The van der Waals surface area contributed by atoms with E-state index >= 15 is 0 Å². The molecule has 7 rings (SSSR count). The third kappa shape index (κ3) is 7.57. The highest BCUT2D eigenvalue weighted by atomic mass is 32.2. The Hall–Kier alpha value is -6.13. The molecule has 1 fully saturated rings. The number of fused-ring (bicyclic) bond motifs is 1. The average Bonchev–Trinajstić information content (AvgIpc) is 3.60. The smallest absolute Gasteiger partial charge is 0.266 e. The summed E-state index contributed by atoms with van der Waals surface area (Å²) in [5, 5.41) is 9.70. The Morgan fingerprint density at radius 3 is 2.44 bits per heavy atom. The molecule has 3 aliphatic heterocycles. The molecule has 4 aromatic rings. The van der Waals surface area contributed by atoms with Crippen LogP contribution in [0.5, 0.6) is 5.75 Å². The van der Waals surface area contributed by atoms with Gasteiger partial charge >= 0.3 is 0 Å². The summed E-state index contributed by atoms with van der Waals surface area (Å²) in [5.41, 5.74) is 3.64. The summed E-state index contributed by atoms with van der Waals surface area (Å²) in [7, 11) is 3.17. The van der Waals surface area contributed by atoms with Crippen molar-refractivity contribution in [2.45, 2.75) is 57.4 Å². The SMILES string of the molecule is COc1ccccc1N(c1ccc2c3c(cc(CCC(=O)NCCCCCCNc4cccc5c4C(=O)N(C4CCC(=O)NC4=O)C5=O)cc13)C(=O)N2C)S(=O)O. The Morgan fingerprint density at radius 2 is 1.68 bits per heavy atom. The van der Waals surface area contributed by atoms with Crippen LogP contribution < -0.4 is 29.9 Å². The van der Waals surface area contributed by atoms with E-state index < -0.39 is 40.9 Å². The fraction of sp³-hybridized carbons (Fsp3) is 0.317. The zero-order chi connectivity index (χ0) is 40.4. The van der Waals surface area contributed by atoms with Crippen molar-refractivity contribution in [3.63, 3.8) is 0 Å². The summed E-state index contributed by atoms with van der Waals surface area (Å²) >= 11 is -2.48. The molecule has 1 saturated heterocycles. The molecule has 0 spiro atoms. The van der Waals surface area contributed by atoms with Crippen LogP contribution in [0.15, 0.2) is 66.7 Å². The lowest BCUT2D eigenvalue weighted by molar-refractivity contribution is -0.136. The van der Waals surface area contributed by atoms with Crippen LogP contribution >= 0.6 is 0 Å². The van der Waals surface area contributed by atoms with Crippen molar-refractivity contribution in [1.29, 1.82) is 0 Å². The maximum atomic E-state index is 13.3. The molecule has 57 heavy (non-hydrogen) atoms. The number of benzene rings is 4. The number of nitrogens with zero attached hydrogens (tertiary/aromatic N) is 3. The lowest BCUT2D eigenvalue weighted by Crippen LogP contribution is -2.54. The van der Waals surface area contributed by atoms with Crippen molar-refractivity contribution >= 4 is 80.2 Å². The van der Waals surface area contributed by atoms with Gasteiger partial charge in [-0.15, -0.1) is 0 Å². The minimum atomic E-state index is -2.48.